The highest BCUT2D eigenvalue weighted by Crippen LogP contribution is 2.29. The Labute approximate surface area is 64.2 Å². The molecule has 0 aromatic heterocycles. The van der Waals surface area contributed by atoms with Gasteiger partial charge in [0.05, 0.1) is 17.6 Å². The molecule has 4 heteroatoms. The van der Waals surface area contributed by atoms with Crippen LogP contribution in [0.5, 0.6) is 0 Å². The van der Waals surface area contributed by atoms with E-state index in [0.717, 1.165) is 0 Å². The van der Waals surface area contributed by atoms with Crippen LogP contribution in [0.3, 0.4) is 0 Å². The molecule has 10 heavy (non-hydrogen) atoms. The van der Waals surface area contributed by atoms with Crippen LogP contribution in [0.4, 0.5) is 0 Å². The average Bonchev–Trinajstić information content (AvgIpc) is 2.17. The van der Waals surface area contributed by atoms with E-state index < -0.39 is 17.6 Å². The third kappa shape index (κ3) is 1.27. The van der Waals surface area contributed by atoms with Crippen molar-refractivity contribution in [3.05, 3.63) is 0 Å². The first kappa shape index (κ1) is 8.27. The Bertz CT molecular complexity index is 120. The number of rotatable bonds is 1. The Kier molecular flexibility index (Phi) is 2.52. The molecular weight excluding hydrogens is 156 g/mol. The molecule has 4 atom stereocenters. The Hall–Kier alpha value is 0.170. The van der Waals surface area contributed by atoms with Gasteiger partial charge in [0.2, 0.25) is 0 Å². The largest absolute Gasteiger partial charge is 0.396 e. The standard InChI is InChI=1S/C6H11ClO3/c7-4-1-3(2-8)5(9)6(4)10/h3-6,8-10H,1-2H2. The minimum atomic E-state index is -0.876. The van der Waals surface area contributed by atoms with E-state index in [1.807, 2.05) is 0 Å². The number of hydrogen-bond acceptors (Lipinski definition) is 3. The number of aliphatic hydroxyl groups is 3. The number of aliphatic hydroxyl groups excluding tert-OH is 3. The summed E-state index contributed by atoms with van der Waals surface area (Å²) in [4.78, 5) is 0. The molecule has 0 aromatic carbocycles. The predicted molar refractivity (Wildman–Crippen MR) is 36.8 cm³/mol. The van der Waals surface area contributed by atoms with E-state index in [2.05, 4.69) is 0 Å². The van der Waals surface area contributed by atoms with E-state index in [-0.39, 0.29) is 12.5 Å². The van der Waals surface area contributed by atoms with Crippen molar-refractivity contribution >= 4 is 11.6 Å². The molecule has 0 aromatic rings. The maximum Gasteiger partial charge on any atom is 0.0965 e. The molecule has 4 unspecified atom stereocenters. The van der Waals surface area contributed by atoms with Crippen LogP contribution in [0.25, 0.3) is 0 Å². The van der Waals surface area contributed by atoms with Crippen molar-refractivity contribution in [2.45, 2.75) is 24.0 Å². The minimum absolute atomic E-state index is 0.110. The van der Waals surface area contributed by atoms with Gasteiger partial charge in [0.25, 0.3) is 0 Å². The lowest BCUT2D eigenvalue weighted by Gasteiger charge is -2.12. The van der Waals surface area contributed by atoms with E-state index >= 15 is 0 Å². The molecule has 3 nitrogen and oxygen atoms in total. The molecule has 0 spiro atoms. The molecule has 1 saturated carbocycles. The summed E-state index contributed by atoms with van der Waals surface area (Å²) in [6.45, 7) is -0.110. The molecule has 1 rings (SSSR count). The zero-order chi connectivity index (χ0) is 7.72. The van der Waals surface area contributed by atoms with E-state index in [9.17, 15) is 0 Å². The fraction of sp³-hybridized carbons (Fsp3) is 1.00. The van der Waals surface area contributed by atoms with Crippen molar-refractivity contribution < 1.29 is 15.3 Å². The van der Waals surface area contributed by atoms with Gasteiger partial charge in [-0.25, -0.2) is 0 Å². The molecule has 0 aliphatic heterocycles. The lowest BCUT2D eigenvalue weighted by molar-refractivity contribution is 0.00766. The van der Waals surface area contributed by atoms with Gasteiger partial charge in [-0.1, -0.05) is 0 Å². The second-order valence-electron chi connectivity index (χ2n) is 2.68. The molecule has 3 N–H and O–H groups in total. The van der Waals surface area contributed by atoms with Crippen LogP contribution in [0.2, 0.25) is 0 Å². The summed E-state index contributed by atoms with van der Waals surface area (Å²) in [5.41, 5.74) is 0. The Balaban J connectivity index is 2.53. The topological polar surface area (TPSA) is 60.7 Å². The van der Waals surface area contributed by atoms with E-state index in [1.54, 1.807) is 0 Å². The quantitative estimate of drug-likeness (QED) is 0.453. The van der Waals surface area contributed by atoms with Crippen molar-refractivity contribution in [2.75, 3.05) is 6.61 Å². The third-order valence-electron chi connectivity index (χ3n) is 1.97. The van der Waals surface area contributed by atoms with Crippen molar-refractivity contribution in [2.24, 2.45) is 5.92 Å². The molecule has 1 fully saturated rings. The van der Waals surface area contributed by atoms with Gasteiger partial charge < -0.3 is 15.3 Å². The van der Waals surface area contributed by atoms with Crippen LogP contribution in [0, 0.1) is 5.92 Å². The van der Waals surface area contributed by atoms with Crippen LogP contribution in [-0.2, 0) is 0 Å². The SMILES string of the molecule is OCC1CC(Cl)C(O)C1O. The lowest BCUT2D eigenvalue weighted by atomic mass is 10.1. The summed E-state index contributed by atoms with van der Waals surface area (Å²) in [5.74, 6) is -0.252. The molecule has 60 valence electrons. The van der Waals surface area contributed by atoms with Gasteiger partial charge in [0.1, 0.15) is 0 Å². The highest BCUT2D eigenvalue weighted by atomic mass is 35.5. The summed E-state index contributed by atoms with van der Waals surface area (Å²) >= 11 is 5.61. The predicted octanol–water partition coefficient (Wildman–Crippen LogP) is -0.672. The van der Waals surface area contributed by atoms with E-state index in [0.29, 0.717) is 6.42 Å². The van der Waals surface area contributed by atoms with Gasteiger partial charge in [0.15, 0.2) is 0 Å². The van der Waals surface area contributed by atoms with E-state index in [4.69, 9.17) is 26.9 Å². The first-order chi connectivity index (χ1) is 4.66. The number of alkyl halides is 1. The average molecular weight is 167 g/mol. The summed E-state index contributed by atoms with van der Waals surface area (Å²) in [6, 6.07) is 0. The Morgan fingerprint density at radius 3 is 2.10 bits per heavy atom. The molecule has 0 heterocycles. The normalized spacial score (nSPS) is 48.0. The summed E-state index contributed by atoms with van der Waals surface area (Å²) in [7, 11) is 0. The number of hydrogen-bond donors (Lipinski definition) is 3. The highest BCUT2D eigenvalue weighted by molar-refractivity contribution is 6.21. The maximum atomic E-state index is 9.13. The molecule has 0 radical (unpaired) electrons. The number of halogens is 1. The van der Waals surface area contributed by atoms with Crippen LogP contribution in [-0.4, -0.2) is 39.5 Å². The first-order valence-electron chi connectivity index (χ1n) is 3.28. The molecule has 1 aliphatic rings. The molecule has 1 aliphatic carbocycles. The van der Waals surface area contributed by atoms with Gasteiger partial charge in [-0.05, 0) is 6.42 Å². The van der Waals surface area contributed by atoms with Crippen LogP contribution in [0.1, 0.15) is 6.42 Å². The molecule has 0 bridgehead atoms. The fourth-order valence-corrected chi connectivity index (χ4v) is 1.62. The van der Waals surface area contributed by atoms with Gasteiger partial charge in [-0.2, -0.15) is 0 Å². The third-order valence-corrected chi connectivity index (χ3v) is 2.40. The highest BCUT2D eigenvalue weighted by Gasteiger charge is 2.39. The molecular formula is C6H11ClO3. The van der Waals surface area contributed by atoms with Crippen molar-refractivity contribution in [1.29, 1.82) is 0 Å². The Morgan fingerprint density at radius 1 is 1.30 bits per heavy atom. The van der Waals surface area contributed by atoms with Gasteiger partial charge in [0, 0.05) is 12.5 Å². The van der Waals surface area contributed by atoms with Crippen LogP contribution in [0.15, 0.2) is 0 Å². The molecule has 0 saturated heterocycles. The smallest absolute Gasteiger partial charge is 0.0965 e. The second kappa shape index (κ2) is 3.05. The maximum absolute atomic E-state index is 9.13. The van der Waals surface area contributed by atoms with Gasteiger partial charge in [-0.3, -0.25) is 0 Å². The zero-order valence-electron chi connectivity index (χ0n) is 5.44. The minimum Gasteiger partial charge on any atom is -0.396 e. The monoisotopic (exact) mass is 166 g/mol. The summed E-state index contributed by atoms with van der Waals surface area (Å²) in [6.07, 6.45) is -1.24. The second-order valence-corrected chi connectivity index (χ2v) is 3.24. The fourth-order valence-electron chi connectivity index (χ4n) is 1.24. The van der Waals surface area contributed by atoms with Crippen LogP contribution >= 0.6 is 11.6 Å². The summed E-state index contributed by atoms with van der Waals surface area (Å²) < 4.78 is 0. The van der Waals surface area contributed by atoms with E-state index in [1.165, 1.54) is 0 Å². The van der Waals surface area contributed by atoms with Gasteiger partial charge in [-0.15, -0.1) is 11.6 Å². The van der Waals surface area contributed by atoms with Crippen molar-refractivity contribution in [3.63, 3.8) is 0 Å². The lowest BCUT2D eigenvalue weighted by Crippen LogP contribution is -2.29. The zero-order valence-corrected chi connectivity index (χ0v) is 6.20. The van der Waals surface area contributed by atoms with Gasteiger partial charge >= 0.3 is 0 Å². The Morgan fingerprint density at radius 2 is 1.90 bits per heavy atom. The molecule has 0 amide bonds. The van der Waals surface area contributed by atoms with Crippen molar-refractivity contribution in [1.82, 2.24) is 0 Å². The summed E-state index contributed by atoms with van der Waals surface area (Å²) in [5, 5.41) is 26.4. The van der Waals surface area contributed by atoms with Crippen molar-refractivity contribution in [3.8, 4) is 0 Å². The first-order valence-corrected chi connectivity index (χ1v) is 3.71. The van der Waals surface area contributed by atoms with Crippen LogP contribution < -0.4 is 0 Å².